The fourth-order valence-corrected chi connectivity index (χ4v) is 1.05. The van der Waals surface area contributed by atoms with Gasteiger partial charge in [0.15, 0.2) is 0 Å². The van der Waals surface area contributed by atoms with Crippen molar-refractivity contribution in [3.63, 3.8) is 0 Å². The van der Waals surface area contributed by atoms with Gasteiger partial charge in [0.25, 0.3) is 0 Å². The molecule has 10 heteroatoms. The van der Waals surface area contributed by atoms with Gasteiger partial charge in [0, 0.05) is 0 Å². The summed E-state index contributed by atoms with van der Waals surface area (Å²) in [6.45, 7) is 0. The Bertz CT molecular complexity index is 224. The zero-order valence-corrected chi connectivity index (χ0v) is 8.64. The van der Waals surface area contributed by atoms with Gasteiger partial charge in [-0.15, -0.1) is 0 Å². The van der Waals surface area contributed by atoms with E-state index in [4.69, 9.17) is 0 Å². The number of rotatable bonds is 3. The first-order valence-electron chi connectivity index (χ1n) is 3.10. The lowest BCUT2D eigenvalue weighted by Gasteiger charge is -2.29. The third-order valence-electron chi connectivity index (χ3n) is 1.24. The predicted octanol–water partition coefficient (Wildman–Crippen LogP) is 4.24. The van der Waals surface area contributed by atoms with Crippen molar-refractivity contribution in [2.75, 3.05) is 0 Å². The molecule has 0 atom stereocenters. The maximum Gasteiger partial charge on any atom is 0.459 e. The summed E-state index contributed by atoms with van der Waals surface area (Å²) in [5, 5.41) is 0. The summed E-state index contributed by atoms with van der Waals surface area (Å²) in [5.41, 5.74) is 0. The summed E-state index contributed by atoms with van der Waals surface area (Å²) >= 11 is 0.0560. The molecule has 0 spiro atoms. The van der Waals surface area contributed by atoms with E-state index in [2.05, 4.69) is 0 Å². The molecule has 0 rings (SSSR count). The van der Waals surface area contributed by atoms with Gasteiger partial charge in [-0.3, -0.25) is 0 Å². The topological polar surface area (TPSA) is 0 Å². The van der Waals surface area contributed by atoms with Crippen molar-refractivity contribution in [2.24, 2.45) is 0 Å². The monoisotopic (exact) mass is 360 g/mol. The summed E-state index contributed by atoms with van der Waals surface area (Å²) < 4.78 is 102. The Labute approximate surface area is 91.0 Å². The molecule has 0 nitrogen and oxygen atoms in total. The number of hydrogen-bond donors (Lipinski definition) is 0. The summed E-state index contributed by atoms with van der Waals surface area (Å²) in [6, 6.07) is 0. The second-order valence-electron chi connectivity index (χ2n) is 2.57. The van der Waals surface area contributed by atoms with Gasteiger partial charge in [0.1, 0.15) is 0 Å². The van der Waals surface area contributed by atoms with Crippen molar-refractivity contribution < 1.29 is 39.5 Å². The van der Waals surface area contributed by atoms with Gasteiger partial charge in [0.2, 0.25) is 0 Å². The van der Waals surface area contributed by atoms with Crippen LogP contribution >= 0.6 is 22.6 Å². The van der Waals surface area contributed by atoms with E-state index in [0.29, 0.717) is 0 Å². The number of alkyl halides is 10. The van der Waals surface area contributed by atoms with E-state index >= 15 is 0 Å². The lowest BCUT2D eigenvalue weighted by atomic mass is 10.1. The predicted molar refractivity (Wildman–Crippen MR) is 39.5 cm³/mol. The highest BCUT2D eigenvalue weighted by Crippen LogP contribution is 2.51. The van der Waals surface area contributed by atoms with Crippen molar-refractivity contribution in [1.82, 2.24) is 0 Å². The Balaban J connectivity index is 5.03. The van der Waals surface area contributed by atoms with E-state index < -0.39 is 28.4 Å². The maximum absolute atomic E-state index is 12.2. The van der Waals surface area contributed by atoms with Crippen LogP contribution in [-0.2, 0) is 0 Å². The van der Waals surface area contributed by atoms with Gasteiger partial charge in [-0.1, -0.05) is 0 Å². The molecule has 0 unspecified atom stereocenters. The maximum atomic E-state index is 12.2. The average Bonchev–Trinajstić information content (AvgIpc) is 1.77. The fourth-order valence-electron chi connectivity index (χ4n) is 0.570. The molecule has 0 saturated carbocycles. The molecule has 0 fully saturated rings. The second-order valence-corrected chi connectivity index (χ2v) is 4.15. The fraction of sp³-hybridized carbons (Fsp3) is 1.00. The molecule has 0 radical (unpaired) electrons. The van der Waals surface area contributed by atoms with Crippen LogP contribution in [-0.4, -0.2) is 22.0 Å². The molecule has 0 aromatic rings. The molecule has 0 bridgehead atoms. The minimum absolute atomic E-state index is 0.0560. The van der Waals surface area contributed by atoms with Crippen molar-refractivity contribution in [1.29, 1.82) is 0 Å². The Morgan fingerprint density at radius 1 is 0.733 bits per heavy atom. The summed E-state index contributed by atoms with van der Waals surface area (Å²) in [6.07, 6.45) is -9.45. The van der Waals surface area contributed by atoms with Gasteiger partial charge in [-0.25, -0.2) is 0 Å². The third kappa shape index (κ3) is 3.55. The molecule has 0 aromatic heterocycles. The summed E-state index contributed by atoms with van der Waals surface area (Å²) in [4.78, 5) is 0. The highest BCUT2D eigenvalue weighted by molar-refractivity contribution is 14.1. The van der Waals surface area contributed by atoms with Crippen LogP contribution < -0.4 is 0 Å². The van der Waals surface area contributed by atoms with Crippen LogP contribution in [0.2, 0.25) is 0 Å². The van der Waals surface area contributed by atoms with Crippen LogP contribution in [0.3, 0.4) is 0 Å². The average molecular weight is 360 g/mol. The van der Waals surface area contributed by atoms with Gasteiger partial charge < -0.3 is 0 Å². The van der Waals surface area contributed by atoms with E-state index in [1.807, 2.05) is 0 Å². The third-order valence-corrected chi connectivity index (χ3v) is 1.62. The molecular formula is C5H2F9I. The Hall–Kier alpha value is 0.100. The van der Waals surface area contributed by atoms with Gasteiger partial charge >= 0.3 is 22.0 Å². The van der Waals surface area contributed by atoms with E-state index in [9.17, 15) is 39.5 Å². The summed E-state index contributed by atoms with van der Waals surface area (Å²) in [5.74, 6) is -12.3. The first kappa shape index (κ1) is 15.1. The van der Waals surface area contributed by atoms with E-state index in [1.165, 1.54) is 0 Å². The smallest absolute Gasteiger partial charge is 0.199 e. The minimum atomic E-state index is -6.57. The SMILES string of the molecule is FC(F)(I)CC(F)(F)C(F)(F)C(F)(F)F. The molecule has 92 valence electrons. The van der Waals surface area contributed by atoms with Crippen molar-refractivity contribution in [3.8, 4) is 0 Å². The van der Waals surface area contributed by atoms with E-state index in [-0.39, 0.29) is 22.6 Å². The molecule has 0 aliphatic rings. The van der Waals surface area contributed by atoms with Crippen LogP contribution in [0.1, 0.15) is 6.42 Å². The van der Waals surface area contributed by atoms with Crippen LogP contribution in [0, 0.1) is 0 Å². The quantitative estimate of drug-likeness (QED) is 0.401. The molecular weight excluding hydrogens is 358 g/mol. The Morgan fingerprint density at radius 3 is 1.27 bits per heavy atom. The molecule has 0 aromatic carbocycles. The first-order valence-corrected chi connectivity index (χ1v) is 4.18. The normalized spacial score (nSPS) is 15.6. The summed E-state index contributed by atoms with van der Waals surface area (Å²) in [7, 11) is 0. The van der Waals surface area contributed by atoms with Crippen LogP contribution in [0.4, 0.5) is 39.5 Å². The van der Waals surface area contributed by atoms with Crippen LogP contribution in [0.15, 0.2) is 0 Å². The molecule has 0 saturated heterocycles. The lowest BCUT2D eigenvalue weighted by Crippen LogP contribution is -2.53. The standard InChI is InChI=1S/C5H2F9I/c6-2(7,1-3(8,9)15)4(10,11)5(12,13)14/h1H2. The largest absolute Gasteiger partial charge is 0.459 e. The zero-order valence-electron chi connectivity index (χ0n) is 6.49. The Morgan fingerprint density at radius 2 is 1.07 bits per heavy atom. The number of hydrogen-bond acceptors (Lipinski definition) is 0. The Kier molecular flexibility index (Phi) is 3.87. The van der Waals surface area contributed by atoms with Gasteiger partial charge in [0.05, 0.1) is 6.42 Å². The molecule has 0 aliphatic carbocycles. The van der Waals surface area contributed by atoms with Crippen molar-refractivity contribution in [3.05, 3.63) is 0 Å². The lowest BCUT2D eigenvalue weighted by molar-refractivity contribution is -0.359. The number of halogens is 10. The highest BCUT2D eigenvalue weighted by Gasteiger charge is 2.74. The van der Waals surface area contributed by atoms with E-state index in [0.717, 1.165) is 0 Å². The highest BCUT2D eigenvalue weighted by atomic mass is 127. The second kappa shape index (κ2) is 3.84. The minimum Gasteiger partial charge on any atom is -0.199 e. The van der Waals surface area contributed by atoms with Crippen LogP contribution in [0.25, 0.3) is 0 Å². The first-order chi connectivity index (χ1) is 6.21. The van der Waals surface area contributed by atoms with Gasteiger partial charge in [-0.05, 0) is 22.6 Å². The van der Waals surface area contributed by atoms with Crippen molar-refractivity contribution in [2.45, 2.75) is 28.4 Å². The van der Waals surface area contributed by atoms with Crippen LogP contribution in [0.5, 0.6) is 0 Å². The molecule has 0 N–H and O–H groups in total. The van der Waals surface area contributed by atoms with Crippen molar-refractivity contribution >= 4 is 22.6 Å². The molecule has 0 amide bonds. The molecule has 0 heterocycles. The molecule has 0 aliphatic heterocycles. The van der Waals surface area contributed by atoms with E-state index in [1.54, 1.807) is 0 Å². The molecule has 15 heavy (non-hydrogen) atoms. The van der Waals surface area contributed by atoms with Gasteiger partial charge in [-0.2, -0.15) is 39.5 Å². The zero-order chi connectivity index (χ0) is 12.7.